The second-order valence-corrected chi connectivity index (χ2v) is 10.0. The van der Waals surface area contributed by atoms with Crippen molar-refractivity contribution in [2.45, 2.75) is 25.0 Å². The molecule has 0 aromatic heterocycles. The molecule has 0 radical (unpaired) electrons. The predicted molar refractivity (Wildman–Crippen MR) is 143 cm³/mol. The summed E-state index contributed by atoms with van der Waals surface area (Å²) in [5.74, 6) is 1.16. The number of methoxy groups -OCH3 is 1. The lowest BCUT2D eigenvalue weighted by atomic mass is 9.81. The Kier molecular flexibility index (Phi) is 8.34. The molecule has 0 saturated carbocycles. The van der Waals surface area contributed by atoms with E-state index in [1.54, 1.807) is 7.11 Å². The highest BCUT2D eigenvalue weighted by molar-refractivity contribution is 5.39. The van der Waals surface area contributed by atoms with Crippen molar-refractivity contribution >= 4 is 0 Å². The zero-order valence-corrected chi connectivity index (χ0v) is 21.3. The van der Waals surface area contributed by atoms with E-state index in [1.165, 1.54) is 16.7 Å². The largest absolute Gasteiger partial charge is 0.497 e. The lowest BCUT2D eigenvalue weighted by molar-refractivity contribution is 0.0285. The zero-order chi connectivity index (χ0) is 24.7. The summed E-state index contributed by atoms with van der Waals surface area (Å²) in [5, 5.41) is 11.0. The van der Waals surface area contributed by atoms with E-state index in [9.17, 15) is 5.11 Å². The maximum absolute atomic E-state index is 11.0. The van der Waals surface area contributed by atoms with Crippen molar-refractivity contribution in [2.75, 3.05) is 53.0 Å². The average Bonchev–Trinajstić information content (AvgIpc) is 2.94. The van der Waals surface area contributed by atoms with Gasteiger partial charge >= 0.3 is 0 Å². The molecule has 1 aliphatic heterocycles. The summed E-state index contributed by atoms with van der Waals surface area (Å²) in [6.45, 7) is 6.77. The number of ether oxygens (including phenoxy) is 2. The Morgan fingerprint density at radius 1 is 0.861 bits per heavy atom. The number of aliphatic hydroxyl groups is 1. The Morgan fingerprint density at radius 3 is 2.14 bits per heavy atom. The first-order valence-corrected chi connectivity index (χ1v) is 13.2. The van der Waals surface area contributed by atoms with Crippen molar-refractivity contribution in [1.82, 2.24) is 9.80 Å². The van der Waals surface area contributed by atoms with Gasteiger partial charge in [0.1, 0.15) is 11.9 Å². The molecular weight excluding hydrogens is 448 g/mol. The molecular formula is C31H38N2O3. The standard InChI is InChI=1S/C31H38N2O3/c1-35-28-14-15-29-26(22-28)12-13-27(30(29)34)23-33-18-16-32(17-19-33)20-21-36-31(24-8-4-2-5-9-24)25-10-6-3-7-11-25/h2-11,14-15,22,27,30-31,34H,12-13,16-21,23H2,1H3. The maximum atomic E-state index is 11.0. The summed E-state index contributed by atoms with van der Waals surface area (Å²) in [5.41, 5.74) is 4.70. The molecule has 190 valence electrons. The first-order chi connectivity index (χ1) is 17.7. The minimum Gasteiger partial charge on any atom is -0.497 e. The van der Waals surface area contributed by atoms with E-state index in [2.05, 4.69) is 64.4 Å². The predicted octanol–water partition coefficient (Wildman–Crippen LogP) is 4.71. The molecule has 3 aromatic rings. The molecule has 5 nitrogen and oxygen atoms in total. The van der Waals surface area contributed by atoms with Gasteiger partial charge in [-0.25, -0.2) is 0 Å². The monoisotopic (exact) mass is 486 g/mol. The van der Waals surface area contributed by atoms with Crippen molar-refractivity contribution in [3.63, 3.8) is 0 Å². The van der Waals surface area contributed by atoms with Gasteiger partial charge in [-0.3, -0.25) is 4.90 Å². The number of fused-ring (bicyclic) bond motifs is 1. The topological polar surface area (TPSA) is 45.2 Å². The van der Waals surface area contributed by atoms with Gasteiger partial charge in [0.2, 0.25) is 0 Å². The van der Waals surface area contributed by atoms with E-state index in [4.69, 9.17) is 9.47 Å². The van der Waals surface area contributed by atoms with Gasteiger partial charge in [0, 0.05) is 45.2 Å². The number of piperazine rings is 1. The van der Waals surface area contributed by atoms with Crippen molar-refractivity contribution in [1.29, 1.82) is 0 Å². The average molecular weight is 487 g/mol. The van der Waals surface area contributed by atoms with Crippen LogP contribution in [0.15, 0.2) is 78.9 Å². The highest BCUT2D eigenvalue weighted by Crippen LogP contribution is 2.36. The van der Waals surface area contributed by atoms with Gasteiger partial charge in [0.15, 0.2) is 0 Å². The normalized spacial score (nSPS) is 20.9. The number of rotatable bonds is 9. The smallest absolute Gasteiger partial charge is 0.119 e. The summed E-state index contributed by atoms with van der Waals surface area (Å²) in [4.78, 5) is 5.03. The third kappa shape index (κ3) is 5.98. The molecule has 2 unspecified atom stereocenters. The molecule has 36 heavy (non-hydrogen) atoms. The maximum Gasteiger partial charge on any atom is 0.119 e. The molecule has 0 bridgehead atoms. The summed E-state index contributed by atoms with van der Waals surface area (Å²) in [6.07, 6.45) is 1.61. The van der Waals surface area contributed by atoms with Crippen molar-refractivity contribution in [3.05, 3.63) is 101 Å². The molecule has 1 N–H and O–H groups in total. The minimum absolute atomic E-state index is 0.0377. The van der Waals surface area contributed by atoms with Crippen LogP contribution in [0.25, 0.3) is 0 Å². The van der Waals surface area contributed by atoms with Crippen LogP contribution in [-0.4, -0.2) is 67.9 Å². The quantitative estimate of drug-likeness (QED) is 0.474. The lowest BCUT2D eigenvalue weighted by Gasteiger charge is -2.39. The number of nitrogens with zero attached hydrogens (tertiary/aromatic N) is 2. The second-order valence-electron chi connectivity index (χ2n) is 10.0. The van der Waals surface area contributed by atoms with Crippen LogP contribution in [0.1, 0.15) is 40.9 Å². The number of benzene rings is 3. The number of hydrogen-bond acceptors (Lipinski definition) is 5. The first-order valence-electron chi connectivity index (χ1n) is 13.2. The summed E-state index contributed by atoms with van der Waals surface area (Å²) >= 11 is 0. The molecule has 3 aromatic carbocycles. The van der Waals surface area contributed by atoms with Gasteiger partial charge in [-0.05, 0) is 47.2 Å². The molecule has 2 atom stereocenters. The van der Waals surface area contributed by atoms with Crippen LogP contribution in [0, 0.1) is 5.92 Å². The number of hydrogen-bond donors (Lipinski definition) is 1. The Labute approximate surface area is 215 Å². The molecule has 2 aliphatic rings. The van der Waals surface area contributed by atoms with E-state index in [0.717, 1.165) is 63.4 Å². The highest BCUT2D eigenvalue weighted by atomic mass is 16.5. The molecule has 1 aliphatic carbocycles. The fraction of sp³-hybridized carbons (Fsp3) is 0.419. The Morgan fingerprint density at radius 2 is 1.50 bits per heavy atom. The van der Waals surface area contributed by atoms with E-state index in [-0.39, 0.29) is 12.2 Å². The molecule has 1 saturated heterocycles. The fourth-order valence-corrected chi connectivity index (χ4v) is 5.63. The molecule has 1 heterocycles. The van der Waals surface area contributed by atoms with Crippen LogP contribution in [0.2, 0.25) is 0 Å². The van der Waals surface area contributed by atoms with E-state index >= 15 is 0 Å². The Bertz CT molecular complexity index is 1040. The van der Waals surface area contributed by atoms with E-state index in [1.807, 2.05) is 24.3 Å². The third-order valence-corrected chi connectivity index (χ3v) is 7.75. The Hall–Kier alpha value is -2.70. The van der Waals surface area contributed by atoms with Crippen LogP contribution >= 0.6 is 0 Å². The molecule has 0 spiro atoms. The minimum atomic E-state index is -0.390. The summed E-state index contributed by atoms with van der Waals surface area (Å²) in [7, 11) is 1.69. The second kappa shape index (κ2) is 12.0. The molecule has 5 rings (SSSR count). The lowest BCUT2D eigenvalue weighted by Crippen LogP contribution is -2.49. The van der Waals surface area contributed by atoms with Crippen LogP contribution < -0.4 is 4.74 Å². The van der Waals surface area contributed by atoms with Gasteiger partial charge in [0.05, 0.1) is 19.8 Å². The third-order valence-electron chi connectivity index (χ3n) is 7.75. The van der Waals surface area contributed by atoms with Gasteiger partial charge in [-0.15, -0.1) is 0 Å². The van der Waals surface area contributed by atoms with E-state index < -0.39 is 0 Å². The van der Waals surface area contributed by atoms with Gasteiger partial charge in [-0.1, -0.05) is 66.7 Å². The van der Waals surface area contributed by atoms with Crippen molar-refractivity contribution in [3.8, 4) is 5.75 Å². The van der Waals surface area contributed by atoms with Crippen molar-refractivity contribution in [2.24, 2.45) is 5.92 Å². The van der Waals surface area contributed by atoms with Gasteiger partial charge in [0.25, 0.3) is 0 Å². The molecule has 0 amide bonds. The van der Waals surface area contributed by atoms with Crippen LogP contribution in [0.3, 0.4) is 0 Å². The Balaban J connectivity index is 1.09. The van der Waals surface area contributed by atoms with Crippen LogP contribution in [-0.2, 0) is 11.2 Å². The first kappa shape index (κ1) is 25.0. The van der Waals surface area contributed by atoms with Crippen LogP contribution in [0.4, 0.5) is 0 Å². The number of aryl methyl sites for hydroxylation is 1. The fourth-order valence-electron chi connectivity index (χ4n) is 5.63. The van der Waals surface area contributed by atoms with Crippen molar-refractivity contribution < 1.29 is 14.6 Å². The zero-order valence-electron chi connectivity index (χ0n) is 21.3. The summed E-state index contributed by atoms with van der Waals surface area (Å²) < 4.78 is 11.8. The number of aliphatic hydroxyl groups excluding tert-OH is 1. The molecule has 1 fully saturated rings. The highest BCUT2D eigenvalue weighted by Gasteiger charge is 2.30. The van der Waals surface area contributed by atoms with Crippen LogP contribution in [0.5, 0.6) is 5.75 Å². The van der Waals surface area contributed by atoms with Gasteiger partial charge in [-0.2, -0.15) is 0 Å². The van der Waals surface area contributed by atoms with Gasteiger partial charge < -0.3 is 19.5 Å². The molecule has 5 heteroatoms. The van der Waals surface area contributed by atoms with E-state index in [0.29, 0.717) is 12.5 Å². The summed E-state index contributed by atoms with van der Waals surface area (Å²) in [6, 6.07) is 27.1. The SMILES string of the molecule is COc1ccc2c(c1)CCC(CN1CCN(CCOC(c3ccccc3)c3ccccc3)CC1)C2O.